The summed E-state index contributed by atoms with van der Waals surface area (Å²) in [5, 5.41) is 32.5. The van der Waals surface area contributed by atoms with Gasteiger partial charge in [-0.05, 0) is 18.6 Å². The lowest BCUT2D eigenvalue weighted by atomic mass is 10.1. The van der Waals surface area contributed by atoms with Gasteiger partial charge in [-0.15, -0.1) is 0 Å². The first kappa shape index (κ1) is 23.3. The van der Waals surface area contributed by atoms with Gasteiger partial charge < -0.3 is 26.2 Å². The molecule has 0 spiro atoms. The number of aromatic nitrogens is 1. The third-order valence-electron chi connectivity index (χ3n) is 2.43. The molecule has 10 heteroatoms. The molecule has 0 saturated carbocycles. The van der Waals surface area contributed by atoms with Gasteiger partial charge in [0.2, 0.25) is 0 Å². The molecule has 0 radical (unpaired) electrons. The molecule has 0 fully saturated rings. The van der Waals surface area contributed by atoms with Crippen molar-refractivity contribution in [3.8, 4) is 0 Å². The van der Waals surface area contributed by atoms with E-state index in [1.807, 2.05) is 12.1 Å². The molecule has 0 unspecified atom stereocenters. The van der Waals surface area contributed by atoms with Crippen molar-refractivity contribution in [2.24, 2.45) is 5.73 Å². The zero-order valence-electron chi connectivity index (χ0n) is 12.3. The number of aliphatic carboxylic acids is 2. The zero-order chi connectivity index (χ0) is 17.3. The van der Waals surface area contributed by atoms with E-state index >= 15 is 0 Å². The van der Waals surface area contributed by atoms with E-state index < -0.39 is 24.1 Å². The summed E-state index contributed by atoms with van der Waals surface area (Å²) in [6.45, 7) is 1.54. The van der Waals surface area contributed by atoms with Crippen LogP contribution in [0.5, 0.6) is 0 Å². The minimum Gasteiger partial charge on any atom is -0.479 e. The minimum atomic E-state index is -2.27. The Bertz CT molecular complexity index is 494. The van der Waals surface area contributed by atoms with Crippen LogP contribution in [0.4, 0.5) is 0 Å². The number of carboxylic acid groups (broad SMARTS) is 2. The Morgan fingerprint density at radius 2 is 1.65 bits per heavy atom. The first-order valence-electron chi connectivity index (χ1n) is 6.13. The van der Waals surface area contributed by atoms with E-state index in [2.05, 4.69) is 4.98 Å². The highest BCUT2D eigenvalue weighted by atomic mass is 32.1. The Balaban J connectivity index is 0. The molecule has 23 heavy (non-hydrogen) atoms. The Labute approximate surface area is 139 Å². The summed E-state index contributed by atoms with van der Waals surface area (Å²) in [5.74, 6) is -3.43. The highest BCUT2D eigenvalue weighted by Crippen LogP contribution is 2.11. The van der Waals surface area contributed by atoms with Crippen molar-refractivity contribution in [2.45, 2.75) is 31.6 Å². The van der Waals surface area contributed by atoms with E-state index in [0.717, 1.165) is 5.56 Å². The summed E-state index contributed by atoms with van der Waals surface area (Å²) < 4.78 is 0. The molecule has 9 nitrogen and oxygen atoms in total. The molecule has 0 amide bonds. The van der Waals surface area contributed by atoms with Crippen LogP contribution in [0, 0.1) is 0 Å². The topological polar surface area (TPSA) is 171 Å². The molecule has 0 saturated heterocycles. The largest absolute Gasteiger partial charge is 0.479 e. The Hall–Kier alpha value is -2.01. The molecule has 1 rings (SSSR count). The van der Waals surface area contributed by atoms with Crippen LogP contribution in [0.3, 0.4) is 0 Å². The predicted octanol–water partition coefficient (Wildman–Crippen LogP) is -0.949. The van der Waals surface area contributed by atoms with Gasteiger partial charge in [-0.2, -0.15) is 13.5 Å². The maximum Gasteiger partial charge on any atom is 0.335 e. The number of ketones is 1. The second-order valence-electron chi connectivity index (χ2n) is 4.37. The maximum atomic E-state index is 10.7. The average Bonchev–Trinajstić information content (AvgIpc) is 2.46. The summed E-state index contributed by atoms with van der Waals surface area (Å²) in [6.07, 6.45) is -0.779. The van der Waals surface area contributed by atoms with E-state index in [9.17, 15) is 14.4 Å². The standard InChI is InChI=1S/C9H12N2O.C4H6O6.H2S/c1-7(12)5-9(10)8-3-2-4-11-6-8;5-1(3(7)8)2(6)4(9)10;/h2-4,6,9H,5,10H2,1H3;1-2,5-6H,(H,7,8)(H,9,10);1H2/t9-;1-,2+;/m0../s1. The molecule has 0 bridgehead atoms. The van der Waals surface area contributed by atoms with Crippen LogP contribution in [0.15, 0.2) is 24.5 Å². The van der Waals surface area contributed by atoms with Crippen molar-refractivity contribution < 1.29 is 34.8 Å². The van der Waals surface area contributed by atoms with E-state index in [0.29, 0.717) is 6.42 Å². The monoisotopic (exact) mass is 348 g/mol. The summed E-state index contributed by atoms with van der Waals surface area (Å²) in [4.78, 5) is 34.2. The molecule has 130 valence electrons. The van der Waals surface area contributed by atoms with Gasteiger partial charge in [0.1, 0.15) is 5.78 Å². The van der Waals surface area contributed by atoms with Gasteiger partial charge >= 0.3 is 11.9 Å². The average molecular weight is 348 g/mol. The smallest absolute Gasteiger partial charge is 0.335 e. The van der Waals surface area contributed by atoms with Crippen molar-refractivity contribution in [1.29, 1.82) is 0 Å². The molecule has 1 heterocycles. The number of carbonyl (C=O) groups is 3. The predicted molar refractivity (Wildman–Crippen MR) is 84.1 cm³/mol. The Kier molecular flexibility index (Phi) is 11.7. The number of nitrogens with two attached hydrogens (primary N) is 1. The number of aliphatic hydroxyl groups excluding tert-OH is 2. The molecular formula is C13H20N2O7S. The van der Waals surface area contributed by atoms with Gasteiger partial charge in [0.15, 0.2) is 12.2 Å². The first-order chi connectivity index (χ1) is 10.2. The van der Waals surface area contributed by atoms with Crippen LogP contribution in [0.2, 0.25) is 0 Å². The van der Waals surface area contributed by atoms with Crippen LogP contribution in [-0.4, -0.2) is 55.3 Å². The first-order valence-corrected chi connectivity index (χ1v) is 6.13. The van der Waals surface area contributed by atoms with E-state index in [4.69, 9.17) is 26.2 Å². The van der Waals surface area contributed by atoms with Gasteiger partial charge in [0.05, 0.1) is 0 Å². The number of pyridine rings is 1. The van der Waals surface area contributed by atoms with E-state index in [1.54, 1.807) is 12.4 Å². The number of rotatable bonds is 6. The van der Waals surface area contributed by atoms with Crippen LogP contribution >= 0.6 is 13.5 Å². The third-order valence-corrected chi connectivity index (χ3v) is 2.43. The molecular weight excluding hydrogens is 328 g/mol. The lowest BCUT2D eigenvalue weighted by Crippen LogP contribution is -2.39. The number of nitrogens with zero attached hydrogens (tertiary/aromatic N) is 1. The van der Waals surface area contributed by atoms with Crippen molar-refractivity contribution in [3.05, 3.63) is 30.1 Å². The summed E-state index contributed by atoms with van der Waals surface area (Å²) in [6, 6.07) is 3.48. The number of carbonyl (C=O) groups excluding carboxylic acids is 1. The van der Waals surface area contributed by atoms with Gasteiger partial charge in [-0.3, -0.25) is 9.78 Å². The van der Waals surface area contributed by atoms with Crippen LogP contribution in [-0.2, 0) is 14.4 Å². The van der Waals surface area contributed by atoms with Crippen LogP contribution in [0.1, 0.15) is 24.9 Å². The van der Waals surface area contributed by atoms with Gasteiger partial charge in [-0.1, -0.05) is 6.07 Å². The highest BCUT2D eigenvalue weighted by Gasteiger charge is 2.29. The van der Waals surface area contributed by atoms with E-state index in [-0.39, 0.29) is 25.3 Å². The molecule has 0 aromatic carbocycles. The molecule has 0 aliphatic heterocycles. The van der Waals surface area contributed by atoms with E-state index in [1.165, 1.54) is 6.92 Å². The minimum absolute atomic E-state index is 0. The van der Waals surface area contributed by atoms with Gasteiger partial charge in [0, 0.05) is 24.9 Å². The second-order valence-corrected chi connectivity index (χ2v) is 4.37. The van der Waals surface area contributed by atoms with Crippen LogP contribution in [0.25, 0.3) is 0 Å². The Morgan fingerprint density at radius 3 is 1.96 bits per heavy atom. The van der Waals surface area contributed by atoms with Crippen molar-refractivity contribution >= 4 is 31.2 Å². The highest BCUT2D eigenvalue weighted by molar-refractivity contribution is 7.59. The molecule has 0 aliphatic rings. The van der Waals surface area contributed by atoms with Gasteiger partial charge in [-0.25, -0.2) is 9.59 Å². The lowest BCUT2D eigenvalue weighted by molar-refractivity contribution is -0.165. The molecule has 3 atom stereocenters. The summed E-state index contributed by atoms with van der Waals surface area (Å²) in [7, 11) is 0. The number of carboxylic acids is 2. The molecule has 1 aromatic rings. The third kappa shape index (κ3) is 9.58. The molecule has 0 aliphatic carbocycles. The van der Waals surface area contributed by atoms with Gasteiger partial charge in [0.25, 0.3) is 0 Å². The number of hydrogen-bond acceptors (Lipinski definition) is 7. The zero-order valence-corrected chi connectivity index (χ0v) is 13.3. The Morgan fingerprint density at radius 1 is 1.17 bits per heavy atom. The molecule has 6 N–H and O–H groups in total. The fourth-order valence-electron chi connectivity index (χ4n) is 1.29. The van der Waals surface area contributed by atoms with Crippen molar-refractivity contribution in [3.63, 3.8) is 0 Å². The fourth-order valence-corrected chi connectivity index (χ4v) is 1.29. The van der Waals surface area contributed by atoms with Crippen molar-refractivity contribution in [1.82, 2.24) is 4.98 Å². The lowest BCUT2D eigenvalue weighted by Gasteiger charge is -2.07. The van der Waals surface area contributed by atoms with Crippen LogP contribution < -0.4 is 5.73 Å². The number of hydrogen-bond donors (Lipinski definition) is 5. The quantitative estimate of drug-likeness (QED) is 0.434. The fraction of sp³-hybridized carbons (Fsp3) is 0.385. The van der Waals surface area contributed by atoms with Crippen molar-refractivity contribution in [2.75, 3.05) is 0 Å². The normalized spacial score (nSPS) is 13.4. The summed E-state index contributed by atoms with van der Waals surface area (Å²) >= 11 is 0. The number of aliphatic hydroxyl groups is 2. The SMILES string of the molecule is CC(=O)C[C@H](N)c1cccnc1.O=C(O)[C@@H](O)[C@@H](O)C(=O)O.S. The maximum absolute atomic E-state index is 10.7. The number of Topliss-reactive ketones (excluding diaryl/α,β-unsaturated/α-hetero) is 1. The summed E-state index contributed by atoms with van der Waals surface area (Å²) in [5.41, 5.74) is 6.64. The molecule has 1 aromatic heterocycles. The second kappa shape index (κ2) is 11.5.